The van der Waals surface area contributed by atoms with Crippen molar-refractivity contribution in [1.29, 1.82) is 0 Å². The number of hydrogen-bond donors (Lipinski definition) is 12. The Hall–Kier alpha value is -1.17. The molecule has 0 saturated carbocycles. The molecular formula is C20H35NO17. The molecule has 0 spiro atoms. The van der Waals surface area contributed by atoms with Gasteiger partial charge in [0.2, 0.25) is 11.6 Å². The second-order valence-electron chi connectivity index (χ2n) is 9.61. The van der Waals surface area contributed by atoms with Gasteiger partial charge in [0.05, 0.1) is 31.5 Å². The van der Waals surface area contributed by atoms with E-state index in [2.05, 4.69) is 0 Å². The van der Waals surface area contributed by atoms with Crippen molar-refractivity contribution in [2.24, 2.45) is 5.73 Å². The Morgan fingerprint density at radius 3 is 2.29 bits per heavy atom. The molecule has 3 heterocycles. The highest BCUT2D eigenvalue weighted by molar-refractivity contribution is 5.76. The van der Waals surface area contributed by atoms with Crippen molar-refractivity contribution < 1.29 is 84.7 Å². The van der Waals surface area contributed by atoms with Crippen molar-refractivity contribution in [2.75, 3.05) is 19.8 Å². The van der Waals surface area contributed by atoms with Crippen LogP contribution in [-0.4, -0.2) is 167 Å². The van der Waals surface area contributed by atoms with Crippen molar-refractivity contribution in [3.8, 4) is 0 Å². The quantitative estimate of drug-likeness (QED) is 0.122. The van der Waals surface area contributed by atoms with Gasteiger partial charge in [0, 0.05) is 6.42 Å². The Bertz CT molecular complexity index is 835. The van der Waals surface area contributed by atoms with Crippen molar-refractivity contribution in [3.05, 3.63) is 0 Å². The third-order valence-corrected chi connectivity index (χ3v) is 6.93. The zero-order valence-corrected chi connectivity index (χ0v) is 20.1. The molecule has 0 aromatic rings. The second-order valence-corrected chi connectivity index (χ2v) is 9.61. The van der Waals surface area contributed by atoms with Crippen LogP contribution in [0.4, 0.5) is 0 Å². The molecule has 5 unspecified atom stereocenters. The Morgan fingerprint density at radius 1 is 1.11 bits per heavy atom. The molecule has 13 N–H and O–H groups in total. The summed E-state index contributed by atoms with van der Waals surface area (Å²) in [4.78, 5) is 12.2. The molecule has 38 heavy (non-hydrogen) atoms. The first-order valence-electron chi connectivity index (χ1n) is 11.6. The van der Waals surface area contributed by atoms with Gasteiger partial charge in [-0.15, -0.1) is 0 Å². The van der Waals surface area contributed by atoms with Crippen LogP contribution in [0.3, 0.4) is 0 Å². The lowest BCUT2D eigenvalue weighted by atomic mass is 9.87. The van der Waals surface area contributed by atoms with Crippen molar-refractivity contribution in [1.82, 2.24) is 0 Å². The maximum atomic E-state index is 12.2. The van der Waals surface area contributed by atoms with Gasteiger partial charge in [-0.3, -0.25) is 0 Å². The van der Waals surface area contributed by atoms with E-state index in [0.29, 0.717) is 0 Å². The number of carbonyl (C=O) groups is 1. The molecule has 3 saturated heterocycles. The normalized spacial score (nSPS) is 50.9. The van der Waals surface area contributed by atoms with E-state index in [1.807, 2.05) is 0 Å². The monoisotopic (exact) mass is 561 g/mol. The first-order valence-corrected chi connectivity index (χ1v) is 11.6. The molecule has 0 radical (unpaired) electrons. The number of aliphatic carboxylic acids is 1. The maximum absolute atomic E-state index is 12.2. The van der Waals surface area contributed by atoms with Gasteiger partial charge in [-0.25, -0.2) is 4.79 Å². The third-order valence-electron chi connectivity index (χ3n) is 6.93. The molecule has 0 amide bonds. The number of carboxylic acid groups (broad SMARTS) is 1. The molecule has 14 atom stereocenters. The minimum atomic E-state index is -3.21. The SMILES string of the molecule is CC1OC(CO)[C@@H](OC2OC[C@@](O)(O[C@]3(C(=O)O)C[C@@H](O)[C@@H](N)C(O)(C(O)CO)O3)[C@H](O)[C@@H]2O)[C@H](O)[C@@H]1O. The summed E-state index contributed by atoms with van der Waals surface area (Å²) in [5.74, 6) is -11.5. The Balaban J connectivity index is 1.82. The van der Waals surface area contributed by atoms with Gasteiger partial charge in [-0.1, -0.05) is 0 Å². The van der Waals surface area contributed by atoms with E-state index in [-0.39, 0.29) is 0 Å². The lowest BCUT2D eigenvalue weighted by molar-refractivity contribution is -0.463. The first kappa shape index (κ1) is 31.4. The van der Waals surface area contributed by atoms with Crippen LogP contribution < -0.4 is 5.73 Å². The molecule has 18 heteroatoms. The average Bonchev–Trinajstić information content (AvgIpc) is 2.86. The zero-order valence-electron chi connectivity index (χ0n) is 20.1. The van der Waals surface area contributed by atoms with Crippen LogP contribution in [0, 0.1) is 0 Å². The predicted octanol–water partition coefficient (Wildman–Crippen LogP) is -7.41. The summed E-state index contributed by atoms with van der Waals surface area (Å²) in [6.45, 7) is -1.58. The van der Waals surface area contributed by atoms with Crippen LogP contribution in [0.25, 0.3) is 0 Å². The summed E-state index contributed by atoms with van der Waals surface area (Å²) in [5, 5.41) is 112. The fourth-order valence-electron chi connectivity index (χ4n) is 4.60. The first-order chi connectivity index (χ1) is 17.6. The molecule has 0 aliphatic carbocycles. The largest absolute Gasteiger partial charge is 0.477 e. The van der Waals surface area contributed by atoms with E-state index in [9.17, 15) is 61.0 Å². The van der Waals surface area contributed by atoms with Gasteiger partial charge in [-0.2, -0.15) is 0 Å². The molecule has 18 nitrogen and oxygen atoms in total. The fraction of sp³-hybridized carbons (Fsp3) is 0.950. The van der Waals surface area contributed by atoms with E-state index < -0.39 is 117 Å². The van der Waals surface area contributed by atoms with Crippen LogP contribution in [0.1, 0.15) is 13.3 Å². The molecule has 0 bridgehead atoms. The second kappa shape index (κ2) is 11.4. The zero-order chi connectivity index (χ0) is 28.8. The molecule has 222 valence electrons. The molecule has 0 aromatic carbocycles. The standard InChI is InChI=1S/C20H35NO17/c1-6-10(26)11(27)13(8(3-22)35-6)36-16-12(28)15(29)18(32,5-34-16)37-19(17(30)31)2-7(24)14(21)20(33,38-19)9(25)4-23/h6-16,22-29,32-33H,2-5,21H2,1H3,(H,30,31)/t6?,7-,8?,9?,10-,11-,12+,13-,14-,15-,16?,18-,19-,20?/m1/s1. The molecule has 3 aliphatic heterocycles. The van der Waals surface area contributed by atoms with Gasteiger partial charge >= 0.3 is 5.97 Å². The number of hydrogen-bond acceptors (Lipinski definition) is 17. The predicted molar refractivity (Wildman–Crippen MR) is 114 cm³/mol. The summed E-state index contributed by atoms with van der Waals surface area (Å²) >= 11 is 0. The molecule has 0 aromatic heterocycles. The van der Waals surface area contributed by atoms with Gasteiger partial charge in [0.1, 0.15) is 49.3 Å². The number of nitrogens with two attached hydrogens (primary N) is 1. The Labute approximate surface area is 214 Å². The highest BCUT2D eigenvalue weighted by Crippen LogP contribution is 2.41. The maximum Gasteiger partial charge on any atom is 0.364 e. The highest BCUT2D eigenvalue weighted by Gasteiger charge is 2.65. The van der Waals surface area contributed by atoms with Crippen LogP contribution in [0.5, 0.6) is 0 Å². The number of ether oxygens (including phenoxy) is 5. The summed E-state index contributed by atoms with van der Waals surface area (Å²) in [5.41, 5.74) is 5.63. The fourth-order valence-corrected chi connectivity index (χ4v) is 4.60. The minimum Gasteiger partial charge on any atom is -0.477 e. The van der Waals surface area contributed by atoms with Gasteiger partial charge in [0.15, 0.2) is 6.29 Å². The molecule has 3 rings (SSSR count). The number of rotatable bonds is 8. The van der Waals surface area contributed by atoms with Crippen LogP contribution in [0.15, 0.2) is 0 Å². The van der Waals surface area contributed by atoms with E-state index in [4.69, 9.17) is 29.4 Å². The third kappa shape index (κ3) is 5.41. The average molecular weight is 561 g/mol. The number of carboxylic acids is 1. The van der Waals surface area contributed by atoms with Crippen molar-refractivity contribution >= 4 is 5.97 Å². The lowest BCUT2D eigenvalue weighted by Gasteiger charge is -2.52. The van der Waals surface area contributed by atoms with Crippen molar-refractivity contribution in [3.63, 3.8) is 0 Å². The van der Waals surface area contributed by atoms with Gasteiger partial charge in [0.25, 0.3) is 5.79 Å². The van der Waals surface area contributed by atoms with E-state index >= 15 is 0 Å². The Morgan fingerprint density at radius 2 is 1.74 bits per heavy atom. The van der Waals surface area contributed by atoms with E-state index in [1.165, 1.54) is 6.92 Å². The van der Waals surface area contributed by atoms with Gasteiger partial charge in [-0.05, 0) is 6.92 Å². The van der Waals surface area contributed by atoms with E-state index in [1.54, 1.807) is 0 Å². The molecular weight excluding hydrogens is 526 g/mol. The van der Waals surface area contributed by atoms with Crippen LogP contribution >= 0.6 is 0 Å². The topological polar surface area (TPSA) is 312 Å². The Kier molecular flexibility index (Phi) is 9.38. The van der Waals surface area contributed by atoms with Crippen molar-refractivity contribution in [2.45, 2.75) is 98.0 Å². The van der Waals surface area contributed by atoms with Gasteiger partial charge < -0.3 is 85.6 Å². The highest BCUT2D eigenvalue weighted by atomic mass is 16.8. The number of aliphatic hydroxyl groups excluding tert-OH is 8. The lowest BCUT2D eigenvalue weighted by Crippen LogP contribution is -2.75. The summed E-state index contributed by atoms with van der Waals surface area (Å²) < 4.78 is 26.1. The van der Waals surface area contributed by atoms with E-state index in [0.717, 1.165) is 0 Å². The smallest absolute Gasteiger partial charge is 0.364 e. The summed E-state index contributed by atoms with van der Waals surface area (Å²) in [6.07, 6.45) is -18.4. The summed E-state index contributed by atoms with van der Waals surface area (Å²) in [7, 11) is 0. The molecule has 3 aliphatic rings. The minimum absolute atomic E-state index is 0.678. The number of aliphatic hydroxyl groups is 10. The summed E-state index contributed by atoms with van der Waals surface area (Å²) in [6, 6.07) is -1.85. The molecule has 3 fully saturated rings. The van der Waals surface area contributed by atoms with Crippen LogP contribution in [0.2, 0.25) is 0 Å². The van der Waals surface area contributed by atoms with Crippen LogP contribution in [-0.2, 0) is 28.5 Å².